The second-order valence-electron chi connectivity index (χ2n) is 4.26. The number of halogens is 2. The van der Waals surface area contributed by atoms with Gasteiger partial charge in [0.15, 0.2) is 23.1 Å². The van der Waals surface area contributed by atoms with E-state index >= 15 is 0 Å². The summed E-state index contributed by atoms with van der Waals surface area (Å²) in [5.74, 6) is -2.36. The number of hydrogen-bond donors (Lipinski definition) is 2. The van der Waals surface area contributed by atoms with Gasteiger partial charge in [-0.25, -0.2) is 8.78 Å². The summed E-state index contributed by atoms with van der Waals surface area (Å²) in [7, 11) is 0. The normalized spacial score (nSPS) is 12.2. The van der Waals surface area contributed by atoms with E-state index in [4.69, 9.17) is 9.63 Å². The Labute approximate surface area is 113 Å². The number of rotatable bonds is 4. The highest BCUT2D eigenvalue weighted by atomic mass is 19.2. The molecule has 0 fully saturated rings. The maximum Gasteiger partial charge on any atom is 0.273 e. The van der Waals surface area contributed by atoms with Gasteiger partial charge in [-0.2, -0.15) is 0 Å². The minimum atomic E-state index is -1.01. The minimum Gasteiger partial charge on any atom is -0.392 e. The van der Waals surface area contributed by atoms with Crippen LogP contribution >= 0.6 is 0 Å². The van der Waals surface area contributed by atoms with Crippen molar-refractivity contribution in [3.05, 3.63) is 41.6 Å². The zero-order valence-electron chi connectivity index (χ0n) is 10.6. The molecule has 1 aromatic carbocycles. The molecule has 1 atom stereocenters. The average Bonchev–Trinajstić information content (AvgIpc) is 2.89. The Hall–Kier alpha value is -2.28. The Balaban J connectivity index is 2.16. The fourth-order valence-electron chi connectivity index (χ4n) is 1.50. The van der Waals surface area contributed by atoms with Gasteiger partial charge in [0.05, 0.1) is 6.10 Å². The number of aliphatic hydroxyl groups excluding tert-OH is 1. The summed E-state index contributed by atoms with van der Waals surface area (Å²) in [5.41, 5.74) is 0.261. The second kappa shape index (κ2) is 5.79. The third-order valence-corrected chi connectivity index (χ3v) is 2.50. The molecule has 0 aliphatic rings. The van der Waals surface area contributed by atoms with Crippen LogP contribution in [0, 0.1) is 11.6 Å². The first-order valence-corrected chi connectivity index (χ1v) is 5.86. The van der Waals surface area contributed by atoms with Crippen LogP contribution in [0.2, 0.25) is 0 Å². The van der Waals surface area contributed by atoms with E-state index in [1.165, 1.54) is 19.1 Å². The van der Waals surface area contributed by atoms with E-state index in [-0.39, 0.29) is 23.6 Å². The van der Waals surface area contributed by atoms with E-state index in [0.717, 1.165) is 12.1 Å². The minimum absolute atomic E-state index is 0.00890. The van der Waals surface area contributed by atoms with Crippen LogP contribution in [-0.4, -0.2) is 28.8 Å². The predicted octanol–water partition coefficient (Wildman–Crippen LogP) is 1.73. The number of hydrogen-bond acceptors (Lipinski definition) is 4. The molecule has 0 saturated heterocycles. The summed E-state index contributed by atoms with van der Waals surface area (Å²) in [6.07, 6.45) is -0.684. The van der Waals surface area contributed by atoms with Crippen molar-refractivity contribution in [2.75, 3.05) is 6.54 Å². The maximum absolute atomic E-state index is 13.1. The van der Waals surface area contributed by atoms with Gasteiger partial charge in [-0.3, -0.25) is 4.79 Å². The lowest BCUT2D eigenvalue weighted by Gasteiger charge is -2.03. The van der Waals surface area contributed by atoms with Crippen molar-refractivity contribution in [1.82, 2.24) is 10.5 Å². The topological polar surface area (TPSA) is 75.4 Å². The predicted molar refractivity (Wildman–Crippen MR) is 65.9 cm³/mol. The van der Waals surface area contributed by atoms with Crippen LogP contribution in [0.5, 0.6) is 0 Å². The van der Waals surface area contributed by atoms with Crippen LogP contribution in [0.15, 0.2) is 28.8 Å². The molecule has 20 heavy (non-hydrogen) atoms. The molecular formula is C13H12F2N2O3. The van der Waals surface area contributed by atoms with Gasteiger partial charge in [-0.05, 0) is 25.1 Å². The lowest BCUT2D eigenvalue weighted by atomic mass is 10.1. The summed E-state index contributed by atoms with van der Waals surface area (Å²) in [5, 5.41) is 15.0. The number of nitrogens with zero attached hydrogens (tertiary/aromatic N) is 1. The standard InChI is InChI=1S/C13H12F2N2O3/c1-7(18)6-16-13(19)11-5-12(20-17-11)8-2-3-9(14)10(15)4-8/h2-5,7,18H,6H2,1H3,(H,16,19). The Kier molecular flexibility index (Phi) is 4.09. The Morgan fingerprint density at radius 1 is 1.40 bits per heavy atom. The van der Waals surface area contributed by atoms with Crippen LogP contribution in [0.25, 0.3) is 11.3 Å². The van der Waals surface area contributed by atoms with Crippen LogP contribution < -0.4 is 5.32 Å². The number of aromatic nitrogens is 1. The van der Waals surface area contributed by atoms with Crippen molar-refractivity contribution in [3.8, 4) is 11.3 Å². The molecule has 5 nitrogen and oxygen atoms in total. The van der Waals surface area contributed by atoms with Gasteiger partial charge < -0.3 is 14.9 Å². The molecule has 0 saturated carbocycles. The molecule has 0 bridgehead atoms. The third-order valence-electron chi connectivity index (χ3n) is 2.50. The number of carbonyl (C=O) groups excluding carboxylic acids is 1. The zero-order chi connectivity index (χ0) is 14.7. The SMILES string of the molecule is CC(O)CNC(=O)c1cc(-c2ccc(F)c(F)c2)on1. The molecule has 1 heterocycles. The van der Waals surface area contributed by atoms with Gasteiger partial charge in [0, 0.05) is 18.2 Å². The van der Waals surface area contributed by atoms with Crippen molar-refractivity contribution in [3.63, 3.8) is 0 Å². The molecule has 1 aromatic heterocycles. The lowest BCUT2D eigenvalue weighted by molar-refractivity contribution is 0.0915. The molecule has 1 unspecified atom stereocenters. The largest absolute Gasteiger partial charge is 0.392 e. The fourth-order valence-corrected chi connectivity index (χ4v) is 1.50. The van der Waals surface area contributed by atoms with Gasteiger partial charge >= 0.3 is 0 Å². The highest BCUT2D eigenvalue weighted by molar-refractivity contribution is 5.93. The Morgan fingerprint density at radius 3 is 2.80 bits per heavy atom. The van der Waals surface area contributed by atoms with Crippen LogP contribution in [0.4, 0.5) is 8.78 Å². The molecule has 0 aliphatic heterocycles. The number of nitrogens with one attached hydrogen (secondary N) is 1. The summed E-state index contributed by atoms with van der Waals surface area (Å²) in [4.78, 5) is 11.6. The quantitative estimate of drug-likeness (QED) is 0.895. The summed E-state index contributed by atoms with van der Waals surface area (Å²) < 4.78 is 30.8. The second-order valence-corrected chi connectivity index (χ2v) is 4.26. The monoisotopic (exact) mass is 282 g/mol. The lowest BCUT2D eigenvalue weighted by Crippen LogP contribution is -2.30. The molecule has 2 N–H and O–H groups in total. The first-order valence-electron chi connectivity index (χ1n) is 5.86. The van der Waals surface area contributed by atoms with Crippen molar-refractivity contribution >= 4 is 5.91 Å². The molecule has 1 amide bonds. The average molecular weight is 282 g/mol. The summed E-state index contributed by atoms with van der Waals surface area (Å²) in [6, 6.07) is 4.54. The van der Waals surface area contributed by atoms with Gasteiger partial charge in [0.1, 0.15) is 0 Å². The van der Waals surface area contributed by atoms with Crippen LogP contribution in [0.1, 0.15) is 17.4 Å². The number of carbonyl (C=O) groups is 1. The highest BCUT2D eigenvalue weighted by Crippen LogP contribution is 2.22. The number of aliphatic hydroxyl groups is 1. The highest BCUT2D eigenvalue weighted by Gasteiger charge is 2.15. The maximum atomic E-state index is 13.1. The van der Waals surface area contributed by atoms with Gasteiger partial charge in [-0.15, -0.1) is 0 Å². The van der Waals surface area contributed by atoms with Crippen molar-refractivity contribution < 1.29 is 23.2 Å². The first-order chi connectivity index (χ1) is 9.47. The molecular weight excluding hydrogens is 270 g/mol. The first kappa shape index (κ1) is 14.1. The van der Waals surface area contributed by atoms with Crippen molar-refractivity contribution in [2.24, 2.45) is 0 Å². The van der Waals surface area contributed by atoms with E-state index in [2.05, 4.69) is 10.5 Å². The van der Waals surface area contributed by atoms with Crippen LogP contribution in [0.3, 0.4) is 0 Å². The Morgan fingerprint density at radius 2 is 2.15 bits per heavy atom. The van der Waals surface area contributed by atoms with E-state index in [1.807, 2.05) is 0 Å². The number of benzene rings is 1. The molecule has 0 spiro atoms. The van der Waals surface area contributed by atoms with E-state index in [9.17, 15) is 13.6 Å². The van der Waals surface area contributed by atoms with Crippen LogP contribution in [-0.2, 0) is 0 Å². The fraction of sp³-hybridized carbons (Fsp3) is 0.231. The van der Waals surface area contributed by atoms with Gasteiger partial charge in [-0.1, -0.05) is 5.16 Å². The summed E-state index contributed by atoms with van der Waals surface area (Å²) >= 11 is 0. The van der Waals surface area contributed by atoms with Gasteiger partial charge in [0.2, 0.25) is 0 Å². The Bertz CT molecular complexity index is 626. The van der Waals surface area contributed by atoms with E-state index in [1.54, 1.807) is 0 Å². The molecule has 2 aromatic rings. The third kappa shape index (κ3) is 3.18. The molecule has 0 radical (unpaired) electrons. The molecule has 7 heteroatoms. The van der Waals surface area contributed by atoms with E-state index in [0.29, 0.717) is 0 Å². The zero-order valence-corrected chi connectivity index (χ0v) is 10.6. The van der Waals surface area contributed by atoms with Crippen molar-refractivity contribution in [1.29, 1.82) is 0 Å². The number of amides is 1. The molecule has 106 valence electrons. The molecule has 0 aliphatic carbocycles. The van der Waals surface area contributed by atoms with E-state index < -0.39 is 23.6 Å². The van der Waals surface area contributed by atoms with Crippen molar-refractivity contribution in [2.45, 2.75) is 13.0 Å². The summed E-state index contributed by atoms with van der Waals surface area (Å²) in [6.45, 7) is 1.60. The van der Waals surface area contributed by atoms with Gasteiger partial charge in [0.25, 0.3) is 5.91 Å². The molecule has 2 rings (SSSR count). The smallest absolute Gasteiger partial charge is 0.273 e.